The van der Waals surface area contributed by atoms with E-state index in [1.165, 1.54) is 12.1 Å². The number of rotatable bonds is 5. The second-order valence-electron chi connectivity index (χ2n) is 4.03. The van der Waals surface area contributed by atoms with Crippen molar-refractivity contribution in [2.75, 3.05) is 0 Å². The Kier molecular flexibility index (Phi) is 4.47. The first-order valence-corrected chi connectivity index (χ1v) is 5.42. The van der Waals surface area contributed by atoms with Crippen LogP contribution in [0.2, 0.25) is 0 Å². The highest BCUT2D eigenvalue weighted by atomic mass is 19.1. The Bertz CT molecular complexity index is 316. The minimum atomic E-state index is -0.298. The molecule has 0 fully saturated rings. The zero-order valence-electron chi connectivity index (χ0n) is 9.29. The number of benzene rings is 1. The third-order valence-electron chi connectivity index (χ3n) is 2.48. The maximum Gasteiger partial charge on any atom is 0.163 e. The van der Waals surface area contributed by atoms with Crippen LogP contribution in [0.5, 0.6) is 0 Å². The Morgan fingerprint density at radius 1 is 1.33 bits per heavy atom. The Labute approximate surface area is 90.3 Å². The van der Waals surface area contributed by atoms with Crippen LogP contribution in [-0.2, 0) is 0 Å². The third kappa shape index (κ3) is 3.82. The highest BCUT2D eigenvalue weighted by Gasteiger charge is 2.10. The molecule has 0 aliphatic rings. The number of ketones is 1. The lowest BCUT2D eigenvalue weighted by Crippen LogP contribution is -2.05. The van der Waals surface area contributed by atoms with Gasteiger partial charge in [0.25, 0.3) is 0 Å². The fraction of sp³-hybridized carbons (Fsp3) is 0.462. The van der Waals surface area contributed by atoms with E-state index in [-0.39, 0.29) is 11.6 Å². The van der Waals surface area contributed by atoms with E-state index in [2.05, 4.69) is 13.8 Å². The summed E-state index contributed by atoms with van der Waals surface area (Å²) >= 11 is 0. The van der Waals surface area contributed by atoms with Gasteiger partial charge < -0.3 is 0 Å². The lowest BCUT2D eigenvalue weighted by Gasteiger charge is -2.08. The van der Waals surface area contributed by atoms with Gasteiger partial charge in [-0.3, -0.25) is 4.79 Å². The van der Waals surface area contributed by atoms with Gasteiger partial charge in [-0.05, 0) is 30.2 Å². The van der Waals surface area contributed by atoms with Gasteiger partial charge in [0, 0.05) is 12.0 Å². The Morgan fingerprint density at radius 2 is 1.93 bits per heavy atom. The van der Waals surface area contributed by atoms with Gasteiger partial charge in [-0.1, -0.05) is 26.7 Å². The summed E-state index contributed by atoms with van der Waals surface area (Å²) in [6.45, 7) is 4.18. The van der Waals surface area contributed by atoms with Crippen LogP contribution in [0.1, 0.15) is 43.5 Å². The topological polar surface area (TPSA) is 17.1 Å². The molecule has 0 radical (unpaired) electrons. The van der Waals surface area contributed by atoms with Crippen LogP contribution in [0.4, 0.5) is 4.39 Å². The molecule has 1 atom stereocenters. The molecule has 0 N–H and O–H groups in total. The SMILES string of the molecule is CCCC(C)CC(=O)c1ccc(F)cc1. The van der Waals surface area contributed by atoms with Crippen molar-refractivity contribution < 1.29 is 9.18 Å². The molecule has 0 aliphatic heterocycles. The van der Waals surface area contributed by atoms with E-state index in [1.54, 1.807) is 12.1 Å². The van der Waals surface area contributed by atoms with E-state index in [0.29, 0.717) is 17.9 Å². The van der Waals surface area contributed by atoms with Crippen molar-refractivity contribution in [3.63, 3.8) is 0 Å². The Balaban J connectivity index is 2.57. The van der Waals surface area contributed by atoms with Gasteiger partial charge >= 0.3 is 0 Å². The maximum absolute atomic E-state index is 12.6. The van der Waals surface area contributed by atoms with Crippen LogP contribution >= 0.6 is 0 Å². The van der Waals surface area contributed by atoms with Crippen LogP contribution in [0.15, 0.2) is 24.3 Å². The highest BCUT2D eigenvalue weighted by molar-refractivity contribution is 5.96. The molecule has 0 amide bonds. The van der Waals surface area contributed by atoms with E-state index >= 15 is 0 Å². The van der Waals surface area contributed by atoms with Crippen molar-refractivity contribution in [1.29, 1.82) is 0 Å². The molecule has 0 aliphatic carbocycles. The van der Waals surface area contributed by atoms with Gasteiger partial charge in [0.05, 0.1) is 0 Å². The van der Waals surface area contributed by atoms with Crippen molar-refractivity contribution >= 4 is 5.78 Å². The van der Waals surface area contributed by atoms with Gasteiger partial charge in [0.2, 0.25) is 0 Å². The molecule has 0 heterocycles. The van der Waals surface area contributed by atoms with Crippen molar-refractivity contribution in [2.24, 2.45) is 5.92 Å². The van der Waals surface area contributed by atoms with Gasteiger partial charge in [0.15, 0.2) is 5.78 Å². The number of Topliss-reactive ketones (excluding diaryl/α,β-unsaturated/α-hetero) is 1. The molecule has 0 aromatic heterocycles. The van der Waals surface area contributed by atoms with Crippen molar-refractivity contribution in [2.45, 2.75) is 33.1 Å². The van der Waals surface area contributed by atoms with E-state index in [4.69, 9.17) is 0 Å². The van der Waals surface area contributed by atoms with E-state index in [1.807, 2.05) is 0 Å². The van der Waals surface area contributed by atoms with Crippen molar-refractivity contribution in [3.05, 3.63) is 35.6 Å². The number of halogens is 1. The number of hydrogen-bond donors (Lipinski definition) is 0. The first kappa shape index (κ1) is 11.9. The Hall–Kier alpha value is -1.18. The zero-order chi connectivity index (χ0) is 11.3. The summed E-state index contributed by atoms with van der Waals surface area (Å²) in [5.74, 6) is 0.219. The highest BCUT2D eigenvalue weighted by Crippen LogP contribution is 2.14. The van der Waals surface area contributed by atoms with Crippen LogP contribution in [0.3, 0.4) is 0 Å². The predicted octanol–water partition coefficient (Wildman–Crippen LogP) is 3.83. The smallest absolute Gasteiger partial charge is 0.163 e. The summed E-state index contributed by atoms with van der Waals surface area (Å²) in [4.78, 5) is 11.7. The maximum atomic E-state index is 12.6. The van der Waals surface area contributed by atoms with Crippen molar-refractivity contribution in [3.8, 4) is 0 Å². The zero-order valence-corrected chi connectivity index (χ0v) is 9.29. The summed E-state index contributed by atoms with van der Waals surface area (Å²) in [7, 11) is 0. The average Bonchev–Trinajstić information content (AvgIpc) is 2.18. The first-order chi connectivity index (χ1) is 7.13. The standard InChI is InChI=1S/C13H17FO/c1-3-4-10(2)9-13(15)11-5-7-12(14)8-6-11/h5-8,10H,3-4,9H2,1-2H3. The molecule has 1 nitrogen and oxygen atoms in total. The second-order valence-corrected chi connectivity index (χ2v) is 4.03. The molecule has 0 spiro atoms. The van der Waals surface area contributed by atoms with E-state index in [0.717, 1.165) is 12.8 Å². The van der Waals surface area contributed by atoms with Crippen LogP contribution in [-0.4, -0.2) is 5.78 Å². The normalized spacial score (nSPS) is 12.5. The third-order valence-corrected chi connectivity index (χ3v) is 2.48. The molecule has 0 bridgehead atoms. The summed E-state index contributed by atoms with van der Waals surface area (Å²) in [6.07, 6.45) is 2.71. The summed E-state index contributed by atoms with van der Waals surface area (Å²) < 4.78 is 12.6. The lowest BCUT2D eigenvalue weighted by atomic mass is 9.96. The van der Waals surface area contributed by atoms with Crippen LogP contribution in [0.25, 0.3) is 0 Å². The predicted molar refractivity (Wildman–Crippen MR) is 59.4 cm³/mol. The fourth-order valence-electron chi connectivity index (χ4n) is 1.66. The number of hydrogen-bond acceptors (Lipinski definition) is 1. The minimum absolute atomic E-state index is 0.107. The molecule has 1 unspecified atom stereocenters. The van der Waals surface area contributed by atoms with Gasteiger partial charge in [0.1, 0.15) is 5.82 Å². The minimum Gasteiger partial charge on any atom is -0.294 e. The largest absolute Gasteiger partial charge is 0.294 e. The van der Waals surface area contributed by atoms with Crippen LogP contribution in [0, 0.1) is 11.7 Å². The molecule has 15 heavy (non-hydrogen) atoms. The first-order valence-electron chi connectivity index (χ1n) is 5.42. The molecule has 1 rings (SSSR count). The molecule has 2 heteroatoms. The second kappa shape index (κ2) is 5.64. The molecule has 1 aromatic carbocycles. The quantitative estimate of drug-likeness (QED) is 0.672. The summed E-state index contributed by atoms with van der Waals surface area (Å²) in [5, 5.41) is 0. The van der Waals surface area contributed by atoms with E-state index < -0.39 is 0 Å². The lowest BCUT2D eigenvalue weighted by molar-refractivity contribution is 0.0962. The van der Waals surface area contributed by atoms with E-state index in [9.17, 15) is 9.18 Å². The molecule has 0 saturated carbocycles. The average molecular weight is 208 g/mol. The molecule has 82 valence electrons. The molecule has 1 aromatic rings. The molecule has 0 saturated heterocycles. The molecular weight excluding hydrogens is 191 g/mol. The number of carbonyl (C=O) groups is 1. The van der Waals surface area contributed by atoms with Gasteiger partial charge in [-0.15, -0.1) is 0 Å². The van der Waals surface area contributed by atoms with Gasteiger partial charge in [-0.2, -0.15) is 0 Å². The molecular formula is C13H17FO. The number of carbonyl (C=O) groups excluding carboxylic acids is 1. The summed E-state index contributed by atoms with van der Waals surface area (Å²) in [6, 6.07) is 5.77. The summed E-state index contributed by atoms with van der Waals surface area (Å²) in [5.41, 5.74) is 0.611. The fourth-order valence-corrected chi connectivity index (χ4v) is 1.66. The van der Waals surface area contributed by atoms with Gasteiger partial charge in [-0.25, -0.2) is 4.39 Å². The van der Waals surface area contributed by atoms with Crippen molar-refractivity contribution in [1.82, 2.24) is 0 Å². The Morgan fingerprint density at radius 3 is 2.47 bits per heavy atom. The monoisotopic (exact) mass is 208 g/mol. The van der Waals surface area contributed by atoms with Crippen LogP contribution < -0.4 is 0 Å².